The van der Waals surface area contributed by atoms with Crippen molar-refractivity contribution < 1.29 is 9.59 Å². The summed E-state index contributed by atoms with van der Waals surface area (Å²) in [5, 5.41) is 2.81. The molecular weight excluding hydrogens is 348 g/mol. The van der Waals surface area contributed by atoms with Crippen molar-refractivity contribution in [3.05, 3.63) is 54.4 Å². The Balaban J connectivity index is 1.70. The number of hydrogen-bond acceptors (Lipinski definition) is 4. The summed E-state index contributed by atoms with van der Waals surface area (Å²) in [6, 6.07) is 15.2. The van der Waals surface area contributed by atoms with Crippen LogP contribution in [0, 0.1) is 0 Å². The van der Waals surface area contributed by atoms with Gasteiger partial charge in [0.25, 0.3) is 0 Å². The predicted molar refractivity (Wildman–Crippen MR) is 104 cm³/mol. The molecule has 2 amide bonds. The summed E-state index contributed by atoms with van der Waals surface area (Å²) in [5.74, 6) is 1.27. The molecule has 1 aromatic heterocycles. The van der Waals surface area contributed by atoms with Crippen LogP contribution >= 0.6 is 11.8 Å². The zero-order valence-electron chi connectivity index (χ0n) is 14.3. The Morgan fingerprint density at radius 3 is 2.81 bits per heavy atom. The van der Waals surface area contributed by atoms with E-state index in [0.717, 1.165) is 28.3 Å². The fourth-order valence-corrected chi connectivity index (χ4v) is 3.70. The molecule has 132 valence electrons. The molecule has 0 fully saturated rings. The molecule has 1 N–H and O–H groups in total. The van der Waals surface area contributed by atoms with Gasteiger partial charge in [-0.15, -0.1) is 0 Å². The first-order chi connectivity index (χ1) is 12.7. The van der Waals surface area contributed by atoms with Gasteiger partial charge in [-0.05, 0) is 30.5 Å². The quantitative estimate of drug-likeness (QED) is 0.771. The molecule has 0 saturated heterocycles. The molecule has 1 aliphatic rings. The van der Waals surface area contributed by atoms with Crippen molar-refractivity contribution in [3.63, 3.8) is 0 Å². The van der Waals surface area contributed by atoms with Crippen LogP contribution in [-0.4, -0.2) is 34.2 Å². The summed E-state index contributed by atoms with van der Waals surface area (Å²) < 4.78 is 1.95. The Morgan fingerprint density at radius 2 is 1.96 bits per heavy atom. The van der Waals surface area contributed by atoms with Crippen LogP contribution in [0.2, 0.25) is 0 Å². The predicted octanol–water partition coefficient (Wildman–Crippen LogP) is 2.88. The van der Waals surface area contributed by atoms with Crippen LogP contribution in [0.25, 0.3) is 11.0 Å². The number of carbonyl (C=O) groups excluding carboxylic acids is 2. The van der Waals surface area contributed by atoms with Gasteiger partial charge in [0, 0.05) is 0 Å². The number of aromatic nitrogens is 2. The van der Waals surface area contributed by atoms with E-state index in [4.69, 9.17) is 0 Å². The van der Waals surface area contributed by atoms with Gasteiger partial charge in [0.2, 0.25) is 11.8 Å². The van der Waals surface area contributed by atoms with Crippen molar-refractivity contribution in [1.82, 2.24) is 9.55 Å². The minimum absolute atomic E-state index is 0.0281. The number of benzene rings is 2. The van der Waals surface area contributed by atoms with Crippen molar-refractivity contribution in [2.75, 3.05) is 23.0 Å². The molecule has 0 aliphatic carbocycles. The summed E-state index contributed by atoms with van der Waals surface area (Å²) in [6.45, 7) is 0.179. The Labute approximate surface area is 155 Å². The lowest BCUT2D eigenvalue weighted by Crippen LogP contribution is -2.43. The number of thioether (sulfide) groups is 1. The van der Waals surface area contributed by atoms with Crippen LogP contribution in [0.5, 0.6) is 0 Å². The maximum Gasteiger partial charge on any atom is 0.247 e. The third-order valence-electron chi connectivity index (χ3n) is 4.37. The highest BCUT2D eigenvalue weighted by Gasteiger charge is 2.27. The van der Waals surface area contributed by atoms with E-state index in [1.165, 1.54) is 0 Å². The number of carbonyl (C=O) groups is 2. The molecular formula is C19H18N4O2S. The van der Waals surface area contributed by atoms with Crippen LogP contribution in [-0.2, 0) is 21.9 Å². The van der Waals surface area contributed by atoms with Crippen molar-refractivity contribution in [2.45, 2.75) is 12.3 Å². The maximum atomic E-state index is 13.1. The maximum absolute atomic E-state index is 13.1. The third kappa shape index (κ3) is 2.94. The highest BCUT2D eigenvalue weighted by Crippen LogP contribution is 2.29. The number of rotatable bonds is 4. The molecule has 2 heterocycles. The zero-order chi connectivity index (χ0) is 18.1. The van der Waals surface area contributed by atoms with Gasteiger partial charge in [0.05, 0.1) is 28.2 Å². The van der Waals surface area contributed by atoms with Crippen LogP contribution in [0.4, 0.5) is 11.4 Å². The zero-order valence-corrected chi connectivity index (χ0v) is 15.1. The monoisotopic (exact) mass is 366 g/mol. The lowest BCUT2D eigenvalue weighted by atomic mass is 10.2. The minimum Gasteiger partial charge on any atom is -0.323 e. The van der Waals surface area contributed by atoms with Gasteiger partial charge < -0.3 is 9.88 Å². The Hall–Kier alpha value is -2.80. The SMILES string of the molecule is CSCc1nc2ccccc2n1CC(=O)N1CC(=O)Nc2ccccc21. The summed E-state index contributed by atoms with van der Waals surface area (Å²) in [6.07, 6.45) is 2.01. The van der Waals surface area contributed by atoms with E-state index >= 15 is 0 Å². The summed E-state index contributed by atoms with van der Waals surface area (Å²) in [7, 11) is 0. The number of hydrogen-bond donors (Lipinski definition) is 1. The molecule has 26 heavy (non-hydrogen) atoms. The number of anilines is 2. The average Bonchev–Trinajstić information content (AvgIpc) is 2.98. The van der Waals surface area contributed by atoms with E-state index < -0.39 is 0 Å². The standard InChI is InChI=1S/C19H18N4O2S/c1-26-12-17-20-13-6-2-4-8-15(13)22(17)11-19(25)23-10-18(24)21-14-7-3-5-9-16(14)23/h2-9H,10-12H2,1H3,(H,21,24). The molecule has 6 nitrogen and oxygen atoms in total. The van der Waals surface area contributed by atoms with Crippen LogP contribution in [0.15, 0.2) is 48.5 Å². The number of fused-ring (bicyclic) bond motifs is 2. The Kier molecular flexibility index (Phi) is 4.38. The second-order valence-electron chi connectivity index (χ2n) is 6.08. The van der Waals surface area contributed by atoms with Gasteiger partial charge in [0.15, 0.2) is 0 Å². The third-order valence-corrected chi connectivity index (χ3v) is 4.92. The van der Waals surface area contributed by atoms with Crippen molar-refractivity contribution in [1.29, 1.82) is 0 Å². The van der Waals surface area contributed by atoms with E-state index in [0.29, 0.717) is 5.69 Å². The van der Waals surface area contributed by atoms with Gasteiger partial charge in [-0.25, -0.2) is 4.98 Å². The number of nitrogens with zero attached hydrogens (tertiary/aromatic N) is 3. The summed E-state index contributed by atoms with van der Waals surface area (Å²) in [4.78, 5) is 31.3. The first-order valence-electron chi connectivity index (χ1n) is 8.29. The van der Waals surface area contributed by atoms with E-state index in [9.17, 15) is 9.59 Å². The van der Waals surface area contributed by atoms with Crippen LogP contribution in [0.3, 0.4) is 0 Å². The normalized spacial score (nSPS) is 13.6. The van der Waals surface area contributed by atoms with Gasteiger partial charge in [-0.1, -0.05) is 24.3 Å². The summed E-state index contributed by atoms with van der Waals surface area (Å²) in [5.41, 5.74) is 3.20. The Bertz CT molecular complexity index is 998. The van der Waals surface area contributed by atoms with Gasteiger partial charge in [-0.3, -0.25) is 14.5 Å². The van der Waals surface area contributed by atoms with E-state index in [1.54, 1.807) is 22.7 Å². The molecule has 0 unspecified atom stereocenters. The fourth-order valence-electron chi connectivity index (χ4n) is 3.22. The molecule has 7 heteroatoms. The fraction of sp³-hybridized carbons (Fsp3) is 0.211. The van der Waals surface area contributed by atoms with E-state index in [-0.39, 0.29) is 24.9 Å². The molecule has 0 atom stereocenters. The Morgan fingerprint density at radius 1 is 1.19 bits per heavy atom. The molecule has 0 bridgehead atoms. The molecule has 2 aromatic carbocycles. The second-order valence-corrected chi connectivity index (χ2v) is 6.95. The molecule has 0 spiro atoms. The number of nitrogens with one attached hydrogen (secondary N) is 1. The highest BCUT2D eigenvalue weighted by molar-refractivity contribution is 7.97. The second kappa shape index (κ2) is 6.84. The summed E-state index contributed by atoms with van der Waals surface area (Å²) >= 11 is 1.66. The van der Waals surface area contributed by atoms with Gasteiger partial charge >= 0.3 is 0 Å². The molecule has 1 aliphatic heterocycles. The van der Waals surface area contributed by atoms with Crippen LogP contribution in [0.1, 0.15) is 5.82 Å². The smallest absolute Gasteiger partial charge is 0.247 e. The number of para-hydroxylation sites is 4. The highest BCUT2D eigenvalue weighted by atomic mass is 32.2. The lowest BCUT2D eigenvalue weighted by Gasteiger charge is -2.29. The average molecular weight is 366 g/mol. The number of amides is 2. The topological polar surface area (TPSA) is 67.2 Å². The van der Waals surface area contributed by atoms with Gasteiger partial charge in [0.1, 0.15) is 18.9 Å². The van der Waals surface area contributed by atoms with Gasteiger partial charge in [-0.2, -0.15) is 11.8 Å². The molecule has 0 saturated carbocycles. The first-order valence-corrected chi connectivity index (χ1v) is 9.69. The van der Waals surface area contributed by atoms with E-state index in [1.807, 2.05) is 53.3 Å². The van der Waals surface area contributed by atoms with Crippen molar-refractivity contribution in [2.24, 2.45) is 0 Å². The van der Waals surface area contributed by atoms with Crippen molar-refractivity contribution in [3.8, 4) is 0 Å². The lowest BCUT2D eigenvalue weighted by molar-refractivity contribution is -0.122. The first kappa shape index (κ1) is 16.7. The van der Waals surface area contributed by atoms with Crippen LogP contribution < -0.4 is 10.2 Å². The molecule has 4 rings (SSSR count). The van der Waals surface area contributed by atoms with E-state index in [2.05, 4.69) is 10.3 Å². The minimum atomic E-state index is -0.183. The number of imidazole rings is 1. The largest absolute Gasteiger partial charge is 0.323 e. The van der Waals surface area contributed by atoms with Crippen molar-refractivity contribution >= 4 is 46.0 Å². The molecule has 0 radical (unpaired) electrons. The molecule has 3 aromatic rings.